The van der Waals surface area contributed by atoms with Crippen molar-refractivity contribution in [3.8, 4) is 0 Å². The third-order valence-electron chi connectivity index (χ3n) is 2.84. The van der Waals surface area contributed by atoms with Crippen molar-refractivity contribution in [3.05, 3.63) is 22.4 Å². The Morgan fingerprint density at radius 3 is 3.11 bits per heavy atom. The van der Waals surface area contributed by atoms with Crippen molar-refractivity contribution in [1.82, 2.24) is 20.2 Å². The largest absolute Gasteiger partial charge is 0.380 e. The molecule has 7 heteroatoms. The van der Waals surface area contributed by atoms with Crippen LogP contribution in [0, 0.1) is 5.41 Å². The highest BCUT2D eigenvalue weighted by molar-refractivity contribution is 7.99. The first kappa shape index (κ1) is 12.1. The molecule has 1 saturated heterocycles. The van der Waals surface area contributed by atoms with Crippen LogP contribution in [-0.2, 0) is 11.3 Å². The van der Waals surface area contributed by atoms with Crippen LogP contribution in [-0.4, -0.2) is 39.2 Å². The van der Waals surface area contributed by atoms with Crippen molar-refractivity contribution in [2.45, 2.75) is 18.6 Å². The summed E-state index contributed by atoms with van der Waals surface area (Å²) >= 11 is 3.43. The lowest BCUT2D eigenvalue weighted by atomic mass is 9.92. The minimum atomic E-state index is 0.282. The Hall–Kier alpha value is -0.920. The van der Waals surface area contributed by atoms with Crippen LogP contribution in [0.3, 0.4) is 0 Å². The second kappa shape index (κ2) is 4.99. The number of aromatic nitrogens is 4. The zero-order valence-electron chi connectivity index (χ0n) is 10.1. The topological polar surface area (TPSA) is 52.8 Å². The van der Waals surface area contributed by atoms with Crippen LogP contribution < -0.4 is 0 Å². The van der Waals surface area contributed by atoms with Crippen LogP contribution >= 0.6 is 23.1 Å². The molecule has 0 bridgehead atoms. The number of hydrogen-bond acceptors (Lipinski definition) is 6. The van der Waals surface area contributed by atoms with E-state index in [1.807, 2.05) is 10.7 Å². The zero-order valence-corrected chi connectivity index (χ0v) is 11.7. The molecule has 5 nitrogen and oxygen atoms in total. The SMILES string of the molecule is CC1(CSc2nnnn2Cc2cccs2)COC1. The molecule has 18 heavy (non-hydrogen) atoms. The fourth-order valence-corrected chi connectivity index (χ4v) is 3.40. The normalized spacial score (nSPS) is 17.6. The highest BCUT2D eigenvalue weighted by atomic mass is 32.2. The van der Waals surface area contributed by atoms with E-state index in [0.717, 1.165) is 30.7 Å². The predicted molar refractivity (Wildman–Crippen MR) is 70.9 cm³/mol. The number of thiophene rings is 1. The van der Waals surface area contributed by atoms with E-state index in [1.165, 1.54) is 4.88 Å². The number of ether oxygens (including phenoxy) is 1. The first-order chi connectivity index (χ1) is 8.75. The molecule has 0 aliphatic carbocycles. The molecular formula is C11H14N4OS2. The Labute approximate surface area is 114 Å². The average molecular weight is 282 g/mol. The van der Waals surface area contributed by atoms with Gasteiger partial charge in [0.1, 0.15) is 0 Å². The first-order valence-electron chi connectivity index (χ1n) is 5.74. The second-order valence-corrected chi connectivity index (χ2v) is 6.77. The zero-order chi connectivity index (χ0) is 12.4. The van der Waals surface area contributed by atoms with Crippen LogP contribution in [0.4, 0.5) is 0 Å². The number of hydrogen-bond donors (Lipinski definition) is 0. The highest BCUT2D eigenvalue weighted by Crippen LogP contribution is 2.33. The van der Waals surface area contributed by atoms with Crippen molar-refractivity contribution >= 4 is 23.1 Å². The third kappa shape index (κ3) is 2.57. The van der Waals surface area contributed by atoms with Gasteiger partial charge in [-0.3, -0.25) is 0 Å². The van der Waals surface area contributed by atoms with Crippen LogP contribution in [0.15, 0.2) is 22.7 Å². The monoisotopic (exact) mass is 282 g/mol. The van der Waals surface area contributed by atoms with Gasteiger partial charge in [-0.15, -0.1) is 16.4 Å². The lowest BCUT2D eigenvalue weighted by Gasteiger charge is -2.37. The van der Waals surface area contributed by atoms with Gasteiger partial charge in [-0.05, 0) is 21.9 Å². The predicted octanol–water partition coefficient (Wildman–Crippen LogP) is 1.91. The quantitative estimate of drug-likeness (QED) is 0.784. The molecule has 0 spiro atoms. The molecular weight excluding hydrogens is 268 g/mol. The van der Waals surface area contributed by atoms with E-state index < -0.39 is 0 Å². The third-order valence-corrected chi connectivity index (χ3v) is 5.09. The van der Waals surface area contributed by atoms with E-state index in [-0.39, 0.29) is 5.41 Å². The van der Waals surface area contributed by atoms with E-state index >= 15 is 0 Å². The number of thioether (sulfide) groups is 1. The van der Waals surface area contributed by atoms with Crippen molar-refractivity contribution in [3.63, 3.8) is 0 Å². The van der Waals surface area contributed by atoms with Crippen LogP contribution in [0.25, 0.3) is 0 Å². The van der Waals surface area contributed by atoms with Gasteiger partial charge in [0, 0.05) is 16.0 Å². The standard InChI is InChI=1S/C11H14N4OS2/c1-11(6-16-7-11)8-18-10-12-13-14-15(10)5-9-3-2-4-17-9/h2-4H,5-8H2,1H3. The molecule has 1 fully saturated rings. The number of nitrogens with zero attached hydrogens (tertiary/aromatic N) is 4. The summed E-state index contributed by atoms with van der Waals surface area (Å²) in [4.78, 5) is 1.27. The molecule has 3 heterocycles. The van der Waals surface area contributed by atoms with E-state index in [1.54, 1.807) is 23.1 Å². The van der Waals surface area contributed by atoms with E-state index in [4.69, 9.17) is 4.74 Å². The summed E-state index contributed by atoms with van der Waals surface area (Å²) in [5, 5.41) is 14.8. The van der Waals surface area contributed by atoms with E-state index in [9.17, 15) is 0 Å². The first-order valence-corrected chi connectivity index (χ1v) is 7.61. The van der Waals surface area contributed by atoms with Crippen molar-refractivity contribution in [2.75, 3.05) is 19.0 Å². The summed E-state index contributed by atoms with van der Waals surface area (Å²) in [6.07, 6.45) is 0. The summed E-state index contributed by atoms with van der Waals surface area (Å²) in [5.74, 6) is 0.998. The molecule has 2 aromatic rings. The fraction of sp³-hybridized carbons (Fsp3) is 0.545. The molecule has 0 atom stereocenters. The summed E-state index contributed by atoms with van der Waals surface area (Å²) in [6, 6.07) is 4.14. The average Bonchev–Trinajstić information content (AvgIpc) is 2.96. The fourth-order valence-electron chi connectivity index (χ4n) is 1.72. The maximum absolute atomic E-state index is 5.25. The molecule has 0 unspecified atom stereocenters. The minimum absolute atomic E-state index is 0.282. The summed E-state index contributed by atoms with van der Waals surface area (Å²) < 4.78 is 7.11. The molecule has 2 aromatic heterocycles. The number of rotatable bonds is 5. The molecule has 3 rings (SSSR count). The van der Waals surface area contributed by atoms with Crippen molar-refractivity contribution in [2.24, 2.45) is 5.41 Å². The number of tetrazole rings is 1. The van der Waals surface area contributed by atoms with Crippen molar-refractivity contribution in [1.29, 1.82) is 0 Å². The molecule has 0 amide bonds. The van der Waals surface area contributed by atoms with Gasteiger partial charge in [-0.25, -0.2) is 4.68 Å². The Kier molecular flexibility index (Phi) is 3.36. The molecule has 96 valence electrons. The summed E-state index contributed by atoms with van der Waals surface area (Å²) in [7, 11) is 0. The Balaban J connectivity index is 1.64. The summed E-state index contributed by atoms with van der Waals surface area (Å²) in [6.45, 7) is 4.66. The Morgan fingerprint density at radius 2 is 2.44 bits per heavy atom. The van der Waals surface area contributed by atoms with Gasteiger partial charge in [0.15, 0.2) is 0 Å². The second-order valence-electron chi connectivity index (χ2n) is 4.79. The molecule has 1 aliphatic rings. The van der Waals surface area contributed by atoms with E-state index in [0.29, 0.717) is 0 Å². The van der Waals surface area contributed by atoms with Gasteiger partial charge in [-0.1, -0.05) is 24.8 Å². The lowest BCUT2D eigenvalue weighted by molar-refractivity contribution is -0.0861. The molecule has 0 N–H and O–H groups in total. The van der Waals surface area contributed by atoms with Gasteiger partial charge >= 0.3 is 0 Å². The summed E-state index contributed by atoms with van der Waals surface area (Å²) in [5.41, 5.74) is 0.282. The molecule has 0 saturated carbocycles. The van der Waals surface area contributed by atoms with Gasteiger partial charge in [0.2, 0.25) is 5.16 Å². The Morgan fingerprint density at radius 1 is 1.56 bits per heavy atom. The van der Waals surface area contributed by atoms with Crippen LogP contribution in [0.5, 0.6) is 0 Å². The molecule has 0 radical (unpaired) electrons. The van der Waals surface area contributed by atoms with E-state index in [2.05, 4.69) is 33.9 Å². The lowest BCUT2D eigenvalue weighted by Crippen LogP contribution is -2.41. The van der Waals surface area contributed by atoms with Gasteiger partial charge in [0.25, 0.3) is 0 Å². The molecule has 0 aromatic carbocycles. The maximum Gasteiger partial charge on any atom is 0.209 e. The highest BCUT2D eigenvalue weighted by Gasteiger charge is 2.33. The van der Waals surface area contributed by atoms with Gasteiger partial charge < -0.3 is 4.74 Å². The van der Waals surface area contributed by atoms with Crippen molar-refractivity contribution < 1.29 is 4.74 Å². The van der Waals surface area contributed by atoms with Gasteiger partial charge in [-0.2, -0.15) is 0 Å². The molecule has 1 aliphatic heterocycles. The maximum atomic E-state index is 5.25. The Bertz CT molecular complexity index is 507. The smallest absolute Gasteiger partial charge is 0.209 e. The van der Waals surface area contributed by atoms with Crippen LogP contribution in [0.1, 0.15) is 11.8 Å². The minimum Gasteiger partial charge on any atom is -0.380 e. The van der Waals surface area contributed by atoms with Gasteiger partial charge in [0.05, 0.1) is 19.8 Å². The van der Waals surface area contributed by atoms with Crippen LogP contribution in [0.2, 0.25) is 0 Å².